The van der Waals surface area contributed by atoms with Crippen molar-refractivity contribution in [3.05, 3.63) is 30.1 Å². The first-order valence-corrected chi connectivity index (χ1v) is 10.3. The molecule has 1 amide bonds. The van der Waals surface area contributed by atoms with Crippen molar-refractivity contribution >= 4 is 21.9 Å². The average molecular weight is 411 g/mol. The van der Waals surface area contributed by atoms with Crippen LogP contribution in [0, 0.1) is 17.1 Å². The van der Waals surface area contributed by atoms with Gasteiger partial charge < -0.3 is 10.1 Å². The smallest absolute Gasteiger partial charge is 0.321 e. The molecule has 152 valence electrons. The number of ether oxygens (including phenoxy) is 1. The first-order valence-electron chi connectivity index (χ1n) is 8.85. The maximum absolute atomic E-state index is 12.9. The fourth-order valence-electron chi connectivity index (χ4n) is 2.90. The van der Waals surface area contributed by atoms with Crippen LogP contribution in [0.2, 0.25) is 0 Å². The highest BCUT2D eigenvalue weighted by atomic mass is 32.2. The summed E-state index contributed by atoms with van der Waals surface area (Å²) in [6, 6.07) is 6.22. The van der Waals surface area contributed by atoms with E-state index in [1.54, 1.807) is 0 Å². The molecular weight excluding hydrogens is 389 g/mol. The molecule has 0 unspecified atom stereocenters. The highest BCUT2D eigenvalue weighted by Crippen LogP contribution is 2.27. The Kier molecular flexibility index (Phi) is 7.10. The van der Waals surface area contributed by atoms with Crippen molar-refractivity contribution in [3.8, 4) is 6.07 Å². The van der Waals surface area contributed by atoms with Crippen molar-refractivity contribution in [3.63, 3.8) is 0 Å². The van der Waals surface area contributed by atoms with E-state index in [-0.39, 0.29) is 4.90 Å². The van der Waals surface area contributed by atoms with Gasteiger partial charge in [0.1, 0.15) is 17.9 Å². The van der Waals surface area contributed by atoms with E-state index in [9.17, 15) is 27.7 Å². The van der Waals surface area contributed by atoms with Gasteiger partial charge in [-0.05, 0) is 44.0 Å². The van der Waals surface area contributed by atoms with E-state index in [0.717, 1.165) is 43.5 Å². The summed E-state index contributed by atoms with van der Waals surface area (Å²) in [4.78, 5) is 23.9. The third-order valence-electron chi connectivity index (χ3n) is 4.49. The Morgan fingerprint density at radius 2 is 1.86 bits per heavy atom. The zero-order chi connectivity index (χ0) is 20.8. The van der Waals surface area contributed by atoms with Crippen molar-refractivity contribution in [2.45, 2.75) is 55.6 Å². The Hall–Kier alpha value is -2.51. The molecule has 10 heteroatoms. The summed E-state index contributed by atoms with van der Waals surface area (Å²) in [5.41, 5.74) is -0.958. The molecule has 1 aliphatic carbocycles. The second-order valence-corrected chi connectivity index (χ2v) is 8.42. The number of nitrogens with one attached hydrogen (secondary N) is 2. The molecule has 0 saturated heterocycles. The van der Waals surface area contributed by atoms with Crippen LogP contribution < -0.4 is 10.0 Å². The number of sulfonamides is 1. The van der Waals surface area contributed by atoms with Gasteiger partial charge in [-0.15, -0.1) is 0 Å². The minimum Gasteiger partial charge on any atom is -0.452 e. The summed E-state index contributed by atoms with van der Waals surface area (Å²) in [6.45, 7) is 0.649. The summed E-state index contributed by atoms with van der Waals surface area (Å²) in [5, 5.41) is 12.0. The molecule has 0 radical (unpaired) electrons. The lowest BCUT2D eigenvalue weighted by atomic mass is 9.83. The van der Waals surface area contributed by atoms with Gasteiger partial charge in [0.15, 0.2) is 6.10 Å². The lowest BCUT2D eigenvalue weighted by Gasteiger charge is -2.32. The van der Waals surface area contributed by atoms with Crippen molar-refractivity contribution in [2.24, 2.45) is 0 Å². The van der Waals surface area contributed by atoms with Crippen molar-refractivity contribution in [1.29, 1.82) is 5.26 Å². The van der Waals surface area contributed by atoms with Gasteiger partial charge in [-0.2, -0.15) is 9.98 Å². The van der Waals surface area contributed by atoms with Gasteiger partial charge in [0.2, 0.25) is 10.0 Å². The van der Waals surface area contributed by atoms with Crippen LogP contribution in [0.5, 0.6) is 0 Å². The Bertz CT molecular complexity index is 858. The lowest BCUT2D eigenvalue weighted by molar-refractivity contribution is -0.154. The molecule has 0 aliphatic heterocycles. The first kappa shape index (κ1) is 21.8. The standard InChI is InChI=1S/C18H22FN3O5S/c1-13(17(24)22-18(12-20)9-3-2-4-10-18)27-16(23)11-21-28(25,26)15-7-5-14(19)6-8-15/h5-8,13,21H,2-4,9-11H2,1H3,(H,22,24)/t13-/m0/s1. The number of hydrogen-bond donors (Lipinski definition) is 2. The number of rotatable bonds is 7. The monoisotopic (exact) mass is 411 g/mol. The van der Waals surface area contributed by atoms with Crippen LogP contribution in [0.4, 0.5) is 4.39 Å². The third kappa shape index (κ3) is 5.74. The predicted octanol–water partition coefficient (Wildman–Crippen LogP) is 1.38. The van der Waals surface area contributed by atoms with Gasteiger partial charge in [-0.25, -0.2) is 12.8 Å². The van der Waals surface area contributed by atoms with Crippen LogP contribution in [0.25, 0.3) is 0 Å². The molecule has 8 nitrogen and oxygen atoms in total. The summed E-state index contributed by atoms with van der Waals surface area (Å²) >= 11 is 0. The van der Waals surface area contributed by atoms with E-state index in [1.165, 1.54) is 6.92 Å². The van der Waals surface area contributed by atoms with Gasteiger partial charge in [0, 0.05) is 0 Å². The number of carbonyl (C=O) groups is 2. The second-order valence-electron chi connectivity index (χ2n) is 6.65. The second kappa shape index (κ2) is 9.12. The van der Waals surface area contributed by atoms with E-state index in [4.69, 9.17) is 4.74 Å². The number of esters is 1. The van der Waals surface area contributed by atoms with Gasteiger partial charge >= 0.3 is 5.97 Å². The normalized spacial score (nSPS) is 17.2. The number of amides is 1. The number of halogens is 1. The highest BCUT2D eigenvalue weighted by molar-refractivity contribution is 7.89. The topological polar surface area (TPSA) is 125 Å². The zero-order valence-corrected chi connectivity index (χ0v) is 16.2. The molecule has 1 aromatic rings. The Morgan fingerprint density at radius 3 is 2.43 bits per heavy atom. The number of nitrogens with zero attached hydrogens (tertiary/aromatic N) is 1. The Morgan fingerprint density at radius 1 is 1.25 bits per heavy atom. The number of benzene rings is 1. The number of hydrogen-bond acceptors (Lipinski definition) is 6. The molecule has 2 rings (SSSR count). The third-order valence-corrected chi connectivity index (χ3v) is 5.91. The average Bonchev–Trinajstić information content (AvgIpc) is 2.67. The molecule has 0 heterocycles. The van der Waals surface area contributed by atoms with Gasteiger partial charge in [-0.3, -0.25) is 9.59 Å². The van der Waals surface area contributed by atoms with Crippen molar-refractivity contribution < 1.29 is 27.1 Å². The molecule has 1 aromatic carbocycles. The predicted molar refractivity (Wildman–Crippen MR) is 96.7 cm³/mol. The van der Waals surface area contributed by atoms with E-state index >= 15 is 0 Å². The van der Waals surface area contributed by atoms with Crippen LogP contribution in [-0.2, 0) is 24.3 Å². The van der Waals surface area contributed by atoms with E-state index in [2.05, 4.69) is 11.4 Å². The Labute approximate surface area is 163 Å². The summed E-state index contributed by atoms with van der Waals surface area (Å²) < 4.78 is 44.0. The molecule has 0 bridgehead atoms. The highest BCUT2D eigenvalue weighted by Gasteiger charge is 2.35. The largest absolute Gasteiger partial charge is 0.452 e. The maximum Gasteiger partial charge on any atom is 0.321 e. The molecule has 1 saturated carbocycles. The number of carbonyl (C=O) groups excluding carboxylic acids is 2. The van der Waals surface area contributed by atoms with Crippen LogP contribution in [-0.4, -0.2) is 38.5 Å². The molecule has 0 aromatic heterocycles. The minimum atomic E-state index is -4.03. The quantitative estimate of drug-likeness (QED) is 0.653. The lowest BCUT2D eigenvalue weighted by Crippen LogP contribution is -2.52. The minimum absolute atomic E-state index is 0.208. The zero-order valence-electron chi connectivity index (χ0n) is 15.4. The van der Waals surface area contributed by atoms with E-state index in [0.29, 0.717) is 12.8 Å². The SMILES string of the molecule is C[C@H](OC(=O)CNS(=O)(=O)c1ccc(F)cc1)C(=O)NC1(C#N)CCCCC1. The van der Waals surface area contributed by atoms with Crippen LogP contribution in [0.3, 0.4) is 0 Å². The molecule has 1 fully saturated rings. The van der Waals surface area contributed by atoms with Gasteiger partial charge in [0.25, 0.3) is 5.91 Å². The number of nitriles is 1. The van der Waals surface area contributed by atoms with Gasteiger partial charge in [0.05, 0.1) is 11.0 Å². The maximum atomic E-state index is 12.9. The Balaban J connectivity index is 1.87. The molecule has 2 N–H and O–H groups in total. The molecule has 0 spiro atoms. The van der Waals surface area contributed by atoms with Crippen molar-refractivity contribution in [1.82, 2.24) is 10.0 Å². The van der Waals surface area contributed by atoms with Crippen LogP contribution >= 0.6 is 0 Å². The molecule has 28 heavy (non-hydrogen) atoms. The fraction of sp³-hybridized carbons (Fsp3) is 0.500. The summed E-state index contributed by atoms with van der Waals surface area (Å²) in [6.07, 6.45) is 2.54. The molecular formula is C18H22FN3O5S. The van der Waals surface area contributed by atoms with Gasteiger partial charge in [-0.1, -0.05) is 19.3 Å². The fourth-order valence-corrected chi connectivity index (χ4v) is 3.87. The van der Waals surface area contributed by atoms with Crippen LogP contribution in [0.15, 0.2) is 29.2 Å². The van der Waals surface area contributed by atoms with E-state index < -0.39 is 45.9 Å². The summed E-state index contributed by atoms with van der Waals surface area (Å²) in [7, 11) is -4.03. The van der Waals surface area contributed by atoms with E-state index in [1.807, 2.05) is 4.72 Å². The molecule has 1 atom stereocenters. The van der Waals surface area contributed by atoms with Crippen LogP contribution in [0.1, 0.15) is 39.0 Å². The van der Waals surface area contributed by atoms with Crippen molar-refractivity contribution in [2.75, 3.05) is 6.54 Å². The molecule has 1 aliphatic rings. The summed E-state index contributed by atoms with van der Waals surface area (Å²) in [5.74, 6) is -2.16. The first-order chi connectivity index (χ1) is 13.2.